The summed E-state index contributed by atoms with van der Waals surface area (Å²) in [7, 11) is 0. The smallest absolute Gasteiger partial charge is 0.406 e. The maximum absolute atomic E-state index is 12.6. The number of Topliss-reactive ketones (excluding diaryl/α,β-unsaturated/α-hetero) is 1. The van der Waals surface area contributed by atoms with Crippen molar-refractivity contribution in [2.45, 2.75) is 64.7 Å². The molecule has 0 saturated heterocycles. The predicted molar refractivity (Wildman–Crippen MR) is 117 cm³/mol. The summed E-state index contributed by atoms with van der Waals surface area (Å²) in [6.45, 7) is 6.78. The molecule has 1 fully saturated rings. The number of benzene rings is 2. The van der Waals surface area contributed by atoms with Crippen LogP contribution in [0.2, 0.25) is 0 Å². The number of hydrogen-bond donors (Lipinski definition) is 1. The zero-order valence-electron chi connectivity index (χ0n) is 18.3. The molecule has 31 heavy (non-hydrogen) atoms. The van der Waals surface area contributed by atoms with Crippen LogP contribution >= 0.6 is 0 Å². The van der Waals surface area contributed by atoms with Crippen LogP contribution in [0.25, 0.3) is 0 Å². The Morgan fingerprint density at radius 1 is 1.10 bits per heavy atom. The maximum atomic E-state index is 12.6. The fourth-order valence-electron chi connectivity index (χ4n) is 3.83. The molecule has 0 atom stereocenters. The number of carbonyl (C=O) groups excluding carboxylic acids is 1. The molecule has 0 spiro atoms. The maximum Gasteiger partial charge on any atom is 0.573 e. The second-order valence-electron chi connectivity index (χ2n) is 8.92. The molecule has 168 valence electrons. The average Bonchev–Trinajstić information content (AvgIpc) is 2.65. The van der Waals surface area contributed by atoms with Crippen molar-refractivity contribution in [3.05, 3.63) is 59.2 Å². The molecule has 0 radical (unpaired) electrons. The molecule has 3 rings (SSSR count). The predicted octanol–water partition coefficient (Wildman–Crippen LogP) is 6.91. The van der Waals surface area contributed by atoms with Gasteiger partial charge >= 0.3 is 6.36 Å². The van der Waals surface area contributed by atoms with E-state index in [1.807, 2.05) is 32.0 Å². The highest BCUT2D eigenvalue weighted by molar-refractivity contribution is 5.98. The first-order valence-electron chi connectivity index (χ1n) is 10.9. The second-order valence-corrected chi connectivity index (χ2v) is 8.92. The van der Waals surface area contributed by atoms with Gasteiger partial charge in [0.2, 0.25) is 0 Å². The Morgan fingerprint density at radius 2 is 1.77 bits per heavy atom. The van der Waals surface area contributed by atoms with Gasteiger partial charge in [-0.25, -0.2) is 0 Å². The third-order valence-corrected chi connectivity index (χ3v) is 5.98. The van der Waals surface area contributed by atoms with Gasteiger partial charge in [-0.2, -0.15) is 0 Å². The van der Waals surface area contributed by atoms with Crippen molar-refractivity contribution in [3.63, 3.8) is 0 Å². The number of carbonyl (C=O) groups is 1. The van der Waals surface area contributed by atoms with Crippen LogP contribution in [-0.2, 0) is 11.8 Å². The van der Waals surface area contributed by atoms with Crippen LogP contribution in [0.1, 0.15) is 67.9 Å². The monoisotopic (exact) mass is 433 g/mol. The van der Waals surface area contributed by atoms with Gasteiger partial charge in [0, 0.05) is 29.1 Å². The van der Waals surface area contributed by atoms with Crippen LogP contribution in [-0.4, -0.2) is 18.7 Å². The Bertz CT molecular complexity index is 900. The molecule has 1 aliphatic rings. The molecule has 0 aromatic heterocycles. The molecular weight excluding hydrogens is 403 g/mol. The molecular formula is C25H30F3NO2. The van der Waals surface area contributed by atoms with Gasteiger partial charge in [-0.3, -0.25) is 4.79 Å². The molecule has 1 saturated carbocycles. The number of halogens is 3. The van der Waals surface area contributed by atoms with E-state index in [0.29, 0.717) is 6.54 Å². The minimum Gasteiger partial charge on any atom is -0.406 e. The summed E-state index contributed by atoms with van der Waals surface area (Å²) < 4.78 is 41.1. The molecule has 3 nitrogen and oxygen atoms in total. The highest BCUT2D eigenvalue weighted by atomic mass is 19.4. The third-order valence-electron chi connectivity index (χ3n) is 5.98. The van der Waals surface area contributed by atoms with Gasteiger partial charge in [0.15, 0.2) is 5.78 Å². The lowest BCUT2D eigenvalue weighted by molar-refractivity contribution is -0.274. The first kappa shape index (κ1) is 23.2. The van der Waals surface area contributed by atoms with Crippen molar-refractivity contribution in [2.75, 3.05) is 11.9 Å². The van der Waals surface area contributed by atoms with Crippen molar-refractivity contribution in [2.24, 2.45) is 5.92 Å². The number of alkyl halides is 3. The molecule has 2 aromatic rings. The summed E-state index contributed by atoms with van der Waals surface area (Å²) in [4.78, 5) is 12.6. The highest BCUT2D eigenvalue weighted by Crippen LogP contribution is 2.32. The molecule has 0 unspecified atom stereocenters. The topological polar surface area (TPSA) is 38.3 Å². The summed E-state index contributed by atoms with van der Waals surface area (Å²) in [6, 6.07) is 11.9. The number of nitrogens with one attached hydrogen (secondary N) is 1. The Morgan fingerprint density at radius 3 is 2.32 bits per heavy atom. The molecule has 6 heteroatoms. The molecule has 0 heterocycles. The number of aryl methyl sites for hydroxylation is 1. The lowest BCUT2D eigenvalue weighted by Crippen LogP contribution is -2.28. The average molecular weight is 434 g/mol. The molecule has 0 amide bonds. The molecule has 1 N–H and O–H groups in total. The lowest BCUT2D eigenvalue weighted by atomic mass is 9.79. The van der Waals surface area contributed by atoms with Crippen molar-refractivity contribution in [1.82, 2.24) is 0 Å². The van der Waals surface area contributed by atoms with E-state index in [4.69, 9.17) is 0 Å². The number of hydrogen-bond acceptors (Lipinski definition) is 3. The zero-order valence-corrected chi connectivity index (χ0v) is 18.3. The highest BCUT2D eigenvalue weighted by Gasteiger charge is 2.31. The van der Waals surface area contributed by atoms with Crippen LogP contribution in [0.4, 0.5) is 18.9 Å². The van der Waals surface area contributed by atoms with Crippen molar-refractivity contribution >= 4 is 11.5 Å². The van der Waals surface area contributed by atoms with Crippen LogP contribution in [0, 0.1) is 5.92 Å². The van der Waals surface area contributed by atoms with E-state index in [1.54, 1.807) is 12.1 Å². The van der Waals surface area contributed by atoms with Crippen LogP contribution in [0.15, 0.2) is 42.5 Å². The molecule has 0 bridgehead atoms. The van der Waals surface area contributed by atoms with Crippen molar-refractivity contribution in [3.8, 4) is 5.75 Å². The summed E-state index contributed by atoms with van der Waals surface area (Å²) in [5.74, 6) is 0.199. The summed E-state index contributed by atoms with van der Waals surface area (Å²) >= 11 is 0. The fraction of sp³-hybridized carbons (Fsp3) is 0.480. The van der Waals surface area contributed by atoms with E-state index in [9.17, 15) is 18.0 Å². The normalized spacial score (nSPS) is 14.8. The van der Waals surface area contributed by atoms with Crippen LogP contribution in [0.5, 0.6) is 5.75 Å². The van der Waals surface area contributed by atoms with Crippen molar-refractivity contribution in [1.29, 1.82) is 0 Å². The third kappa shape index (κ3) is 6.02. The quantitative estimate of drug-likeness (QED) is 0.437. The number of rotatable bonds is 9. The minimum absolute atomic E-state index is 0.177. The Kier molecular flexibility index (Phi) is 6.97. The Labute approximate surface area is 182 Å². The van der Waals surface area contributed by atoms with E-state index in [-0.39, 0.29) is 22.9 Å². The van der Waals surface area contributed by atoms with Gasteiger partial charge < -0.3 is 10.1 Å². The van der Waals surface area contributed by atoms with Gasteiger partial charge in [-0.05, 0) is 60.7 Å². The first-order valence-corrected chi connectivity index (χ1v) is 10.9. The fourth-order valence-corrected chi connectivity index (χ4v) is 3.83. The minimum atomic E-state index is -4.69. The molecule has 2 aromatic carbocycles. The molecule has 0 aliphatic heterocycles. The van der Waals surface area contributed by atoms with E-state index < -0.39 is 6.36 Å². The number of ether oxygens (including phenoxy) is 1. The Balaban J connectivity index is 1.70. The van der Waals surface area contributed by atoms with Gasteiger partial charge in [-0.15, -0.1) is 13.2 Å². The molecule has 1 aliphatic carbocycles. The zero-order chi connectivity index (χ0) is 22.6. The van der Waals surface area contributed by atoms with Gasteiger partial charge in [-0.1, -0.05) is 45.7 Å². The first-order chi connectivity index (χ1) is 14.6. The SMILES string of the molecule is CCCc1cc(C(=O)C2CCC2)ccc1NCC(C)(C)c1ccc(OC(F)(F)F)cc1. The standard InChI is InChI=1S/C25H30F3NO2/c1-4-6-18-15-19(23(30)17-7-5-8-17)9-14-22(18)29-16-24(2,3)20-10-12-21(13-11-20)31-25(26,27)28/h9-15,17,29H,4-8,16H2,1-3H3. The van der Waals surface area contributed by atoms with Crippen molar-refractivity contribution < 1.29 is 22.7 Å². The van der Waals surface area contributed by atoms with Gasteiger partial charge in [0.25, 0.3) is 0 Å². The van der Waals surface area contributed by atoms with E-state index in [1.165, 1.54) is 12.1 Å². The van der Waals surface area contributed by atoms with E-state index >= 15 is 0 Å². The van der Waals surface area contributed by atoms with Gasteiger partial charge in [0.05, 0.1) is 0 Å². The van der Waals surface area contributed by atoms with Gasteiger partial charge in [0.1, 0.15) is 5.75 Å². The van der Waals surface area contributed by atoms with Crippen LogP contribution in [0.3, 0.4) is 0 Å². The summed E-state index contributed by atoms with van der Waals surface area (Å²) in [5, 5.41) is 3.49. The Hall–Kier alpha value is -2.50. The largest absolute Gasteiger partial charge is 0.573 e. The van der Waals surface area contributed by atoms with E-state index in [0.717, 1.165) is 54.5 Å². The van der Waals surface area contributed by atoms with E-state index in [2.05, 4.69) is 17.0 Å². The van der Waals surface area contributed by atoms with Crippen LogP contribution < -0.4 is 10.1 Å². The summed E-state index contributed by atoms with van der Waals surface area (Å²) in [6.07, 6.45) is 0.264. The lowest BCUT2D eigenvalue weighted by Gasteiger charge is -2.28. The second kappa shape index (κ2) is 9.33. The number of ketones is 1. The number of anilines is 1. The summed E-state index contributed by atoms with van der Waals surface area (Å²) in [5.41, 5.74) is 3.50.